The van der Waals surface area contributed by atoms with Gasteiger partial charge < -0.3 is 5.32 Å². The van der Waals surface area contributed by atoms with Gasteiger partial charge in [0.1, 0.15) is 0 Å². The molecule has 0 heterocycles. The molecule has 7 heteroatoms. The minimum absolute atomic E-state index is 0.0777. The van der Waals surface area contributed by atoms with Crippen LogP contribution in [0, 0.1) is 11.8 Å². The first kappa shape index (κ1) is 24.3. The first-order valence-electron chi connectivity index (χ1n) is 10.2. The number of carbonyl (C=O) groups excluding carboxylic acids is 1. The minimum Gasteiger partial charge on any atom is -0.349 e. The molecule has 0 aliphatic heterocycles. The van der Waals surface area contributed by atoms with Gasteiger partial charge in [-0.2, -0.15) is 0 Å². The van der Waals surface area contributed by atoms with E-state index in [9.17, 15) is 13.2 Å². The number of hydrogen-bond acceptors (Lipinski definition) is 4. The molecule has 0 fully saturated rings. The fourth-order valence-corrected chi connectivity index (χ4v) is 5.37. The van der Waals surface area contributed by atoms with Crippen molar-refractivity contribution in [2.45, 2.75) is 50.5 Å². The predicted molar refractivity (Wildman–Crippen MR) is 126 cm³/mol. The van der Waals surface area contributed by atoms with Crippen LogP contribution in [0.4, 0.5) is 5.69 Å². The molecule has 1 amide bonds. The van der Waals surface area contributed by atoms with Crippen molar-refractivity contribution in [3.8, 4) is 0 Å². The van der Waals surface area contributed by atoms with Crippen molar-refractivity contribution in [2.24, 2.45) is 11.8 Å². The Morgan fingerprint density at radius 3 is 1.93 bits per heavy atom. The van der Waals surface area contributed by atoms with Gasteiger partial charge in [-0.05, 0) is 73.5 Å². The van der Waals surface area contributed by atoms with Crippen LogP contribution in [0.2, 0.25) is 0 Å². The van der Waals surface area contributed by atoms with Crippen molar-refractivity contribution in [1.82, 2.24) is 5.32 Å². The van der Waals surface area contributed by atoms with Gasteiger partial charge >= 0.3 is 0 Å². The Bertz CT molecular complexity index is 929. The zero-order valence-electron chi connectivity index (χ0n) is 18.5. The molecule has 0 spiro atoms. The molecule has 2 rings (SSSR count). The Morgan fingerprint density at radius 1 is 0.967 bits per heavy atom. The second-order valence-electron chi connectivity index (χ2n) is 7.88. The van der Waals surface area contributed by atoms with Crippen molar-refractivity contribution in [3.05, 3.63) is 54.1 Å². The van der Waals surface area contributed by atoms with Gasteiger partial charge in [0, 0.05) is 23.0 Å². The summed E-state index contributed by atoms with van der Waals surface area (Å²) in [5.74, 6) is 0.505. The summed E-state index contributed by atoms with van der Waals surface area (Å²) < 4.78 is 27.6. The maximum atomic E-state index is 13.1. The molecule has 2 aromatic rings. The van der Waals surface area contributed by atoms with Crippen LogP contribution in [-0.4, -0.2) is 33.2 Å². The quantitative estimate of drug-likeness (QED) is 0.546. The monoisotopic (exact) mass is 448 g/mol. The van der Waals surface area contributed by atoms with E-state index < -0.39 is 10.0 Å². The highest BCUT2D eigenvalue weighted by molar-refractivity contribution is 7.98. The molecule has 0 bridgehead atoms. The Morgan fingerprint density at radius 2 is 1.50 bits per heavy atom. The second kappa shape index (κ2) is 10.4. The number of hydrogen-bond donors (Lipinski definition) is 1. The van der Waals surface area contributed by atoms with Crippen LogP contribution in [0.5, 0.6) is 0 Å². The average molecular weight is 449 g/mol. The summed E-state index contributed by atoms with van der Waals surface area (Å²) in [6.45, 7) is 10.4. The summed E-state index contributed by atoms with van der Waals surface area (Å²) in [5, 5.41) is 3.09. The number of amides is 1. The number of thioether (sulfide) groups is 1. The number of sulfonamides is 1. The highest BCUT2D eigenvalue weighted by Crippen LogP contribution is 2.26. The Balaban J connectivity index is 2.25. The molecule has 0 saturated heterocycles. The second-order valence-corrected chi connectivity index (χ2v) is 10.6. The van der Waals surface area contributed by atoms with E-state index in [-0.39, 0.29) is 16.8 Å². The van der Waals surface area contributed by atoms with Crippen molar-refractivity contribution < 1.29 is 13.2 Å². The number of anilines is 1. The number of nitrogens with zero attached hydrogens (tertiary/aromatic N) is 1. The van der Waals surface area contributed by atoms with E-state index in [4.69, 9.17) is 0 Å². The van der Waals surface area contributed by atoms with Crippen LogP contribution < -0.4 is 9.62 Å². The van der Waals surface area contributed by atoms with Crippen LogP contribution in [0.3, 0.4) is 0 Å². The van der Waals surface area contributed by atoms with Gasteiger partial charge in [-0.1, -0.05) is 27.7 Å². The van der Waals surface area contributed by atoms with E-state index in [1.54, 1.807) is 67.2 Å². The van der Waals surface area contributed by atoms with Crippen molar-refractivity contribution in [2.75, 3.05) is 17.1 Å². The molecular formula is C23H32N2O3S2. The van der Waals surface area contributed by atoms with E-state index in [1.165, 1.54) is 4.31 Å². The number of nitrogens with one attached hydrogen (secondary N) is 1. The molecule has 0 saturated carbocycles. The van der Waals surface area contributed by atoms with Crippen LogP contribution >= 0.6 is 11.8 Å². The first-order chi connectivity index (χ1) is 14.1. The number of rotatable bonds is 9. The molecule has 0 aliphatic rings. The summed E-state index contributed by atoms with van der Waals surface area (Å²) >= 11 is 1.56. The normalized spacial score (nSPS) is 11.9. The molecule has 164 valence electrons. The fraction of sp³-hybridized carbons (Fsp3) is 0.435. The summed E-state index contributed by atoms with van der Waals surface area (Å²) in [6.07, 6.45) is 1.95. The van der Waals surface area contributed by atoms with Crippen molar-refractivity contribution >= 4 is 33.4 Å². The Labute approximate surface area is 185 Å². The highest BCUT2D eigenvalue weighted by Gasteiger charge is 2.24. The van der Waals surface area contributed by atoms with Crippen LogP contribution in [0.1, 0.15) is 45.0 Å². The van der Waals surface area contributed by atoms with Gasteiger partial charge in [0.15, 0.2) is 0 Å². The minimum atomic E-state index is -3.68. The van der Waals surface area contributed by atoms with Crippen LogP contribution in [0.25, 0.3) is 0 Å². The Hall–Kier alpha value is -1.99. The Kier molecular flexibility index (Phi) is 8.38. The SMILES string of the molecule is CCN(c1ccc(C(=O)NC(C(C)C)C(C)C)cc1)S(=O)(=O)c1ccc(SC)cc1. The van der Waals surface area contributed by atoms with Crippen molar-refractivity contribution in [3.63, 3.8) is 0 Å². The lowest BCUT2D eigenvalue weighted by molar-refractivity contribution is 0.0910. The van der Waals surface area contributed by atoms with Gasteiger partial charge in [-0.3, -0.25) is 9.10 Å². The molecule has 5 nitrogen and oxygen atoms in total. The number of carbonyl (C=O) groups is 1. The topological polar surface area (TPSA) is 66.5 Å². The third-order valence-electron chi connectivity index (χ3n) is 5.09. The molecule has 0 aromatic heterocycles. The van der Waals surface area contributed by atoms with Gasteiger partial charge in [-0.15, -0.1) is 11.8 Å². The predicted octanol–water partition coefficient (Wildman–Crippen LogP) is 5.03. The number of benzene rings is 2. The molecule has 30 heavy (non-hydrogen) atoms. The third-order valence-corrected chi connectivity index (χ3v) is 7.75. The molecule has 0 radical (unpaired) electrons. The van der Waals surface area contributed by atoms with Gasteiger partial charge in [-0.25, -0.2) is 8.42 Å². The average Bonchev–Trinajstić information content (AvgIpc) is 2.72. The van der Waals surface area contributed by atoms with Crippen LogP contribution in [-0.2, 0) is 10.0 Å². The summed E-state index contributed by atoms with van der Waals surface area (Å²) in [5.41, 5.74) is 1.05. The van der Waals surface area contributed by atoms with E-state index in [0.717, 1.165) is 4.90 Å². The molecule has 0 atom stereocenters. The zero-order valence-corrected chi connectivity index (χ0v) is 20.2. The summed E-state index contributed by atoms with van der Waals surface area (Å²) in [7, 11) is -3.68. The lowest BCUT2D eigenvalue weighted by atomic mass is 9.93. The van der Waals surface area contributed by atoms with E-state index in [0.29, 0.717) is 29.6 Å². The van der Waals surface area contributed by atoms with Gasteiger partial charge in [0.05, 0.1) is 10.6 Å². The molecule has 2 aromatic carbocycles. The smallest absolute Gasteiger partial charge is 0.264 e. The van der Waals surface area contributed by atoms with E-state index in [2.05, 4.69) is 33.0 Å². The first-order valence-corrected chi connectivity index (χ1v) is 12.9. The van der Waals surface area contributed by atoms with Crippen molar-refractivity contribution in [1.29, 1.82) is 0 Å². The lowest BCUT2D eigenvalue weighted by Gasteiger charge is -2.26. The largest absolute Gasteiger partial charge is 0.349 e. The maximum absolute atomic E-state index is 13.1. The highest BCUT2D eigenvalue weighted by atomic mass is 32.2. The summed E-state index contributed by atoms with van der Waals surface area (Å²) in [4.78, 5) is 13.9. The van der Waals surface area contributed by atoms with Gasteiger partial charge in [0.25, 0.3) is 15.9 Å². The van der Waals surface area contributed by atoms with Crippen LogP contribution in [0.15, 0.2) is 58.3 Å². The maximum Gasteiger partial charge on any atom is 0.264 e. The molecular weight excluding hydrogens is 416 g/mol. The van der Waals surface area contributed by atoms with E-state index in [1.807, 2.05) is 6.26 Å². The molecule has 0 unspecified atom stereocenters. The fourth-order valence-electron chi connectivity index (χ4n) is 3.48. The lowest BCUT2D eigenvalue weighted by Crippen LogP contribution is -2.42. The molecule has 1 N–H and O–H groups in total. The zero-order chi connectivity index (χ0) is 22.5. The van der Waals surface area contributed by atoms with E-state index >= 15 is 0 Å². The molecule has 0 aliphatic carbocycles. The van der Waals surface area contributed by atoms with Gasteiger partial charge in [0.2, 0.25) is 0 Å². The standard InChI is InChI=1S/C23H32N2O3S2/c1-7-25(30(27,28)21-14-12-20(29-6)13-15-21)19-10-8-18(9-11-19)23(26)24-22(16(2)3)17(4)5/h8-17,22H,7H2,1-6H3,(H,24,26). The third kappa shape index (κ3) is 5.58. The summed E-state index contributed by atoms with van der Waals surface area (Å²) in [6, 6.07) is 13.7.